The summed E-state index contributed by atoms with van der Waals surface area (Å²) in [7, 11) is -4.01. The van der Waals surface area contributed by atoms with Gasteiger partial charge in [-0.15, -0.1) is 0 Å². The summed E-state index contributed by atoms with van der Waals surface area (Å²) in [4.78, 5) is 12.0. The Morgan fingerprint density at radius 3 is 2.35 bits per heavy atom. The standard InChI is InChI=1S/C19H21FN2O3S/c1-2-13-21-18(23)19(11-12-19)14-7-9-15(10-8-14)22-26(24,25)17-6-4-3-5-16(17)20/h3-10,22H,2,11-13H2,1H3,(H,21,23). The van der Waals surface area contributed by atoms with Crippen molar-refractivity contribution in [1.29, 1.82) is 0 Å². The molecule has 0 heterocycles. The molecule has 138 valence electrons. The zero-order chi connectivity index (χ0) is 18.8. The van der Waals surface area contributed by atoms with Crippen LogP contribution in [0.2, 0.25) is 0 Å². The molecule has 5 nitrogen and oxygen atoms in total. The summed E-state index contributed by atoms with van der Waals surface area (Å²) in [6.07, 6.45) is 2.43. The van der Waals surface area contributed by atoms with Crippen LogP contribution in [0.1, 0.15) is 31.7 Å². The summed E-state index contributed by atoms with van der Waals surface area (Å²) in [6, 6.07) is 11.9. The molecule has 1 amide bonds. The van der Waals surface area contributed by atoms with Crippen LogP contribution in [0.5, 0.6) is 0 Å². The van der Waals surface area contributed by atoms with E-state index in [1.54, 1.807) is 24.3 Å². The van der Waals surface area contributed by atoms with Crippen molar-refractivity contribution < 1.29 is 17.6 Å². The number of amides is 1. The monoisotopic (exact) mass is 376 g/mol. The highest BCUT2D eigenvalue weighted by molar-refractivity contribution is 7.92. The predicted molar refractivity (Wildman–Crippen MR) is 97.9 cm³/mol. The van der Waals surface area contributed by atoms with Gasteiger partial charge in [0.15, 0.2) is 0 Å². The van der Waals surface area contributed by atoms with Crippen LogP contribution in [0, 0.1) is 5.82 Å². The van der Waals surface area contributed by atoms with E-state index in [1.165, 1.54) is 18.2 Å². The minimum Gasteiger partial charge on any atom is -0.355 e. The quantitative estimate of drug-likeness (QED) is 0.779. The Labute approximate surface area is 152 Å². The summed E-state index contributed by atoms with van der Waals surface area (Å²) < 4.78 is 40.8. The van der Waals surface area contributed by atoms with Crippen LogP contribution in [-0.2, 0) is 20.2 Å². The highest BCUT2D eigenvalue weighted by atomic mass is 32.2. The molecule has 0 bridgehead atoms. The fourth-order valence-electron chi connectivity index (χ4n) is 2.91. The summed E-state index contributed by atoms with van der Waals surface area (Å²) in [5.74, 6) is -0.791. The van der Waals surface area contributed by atoms with E-state index in [0.717, 1.165) is 30.9 Å². The lowest BCUT2D eigenvalue weighted by Crippen LogP contribution is -2.35. The zero-order valence-corrected chi connectivity index (χ0v) is 15.3. The molecule has 0 aromatic heterocycles. The van der Waals surface area contributed by atoms with Gasteiger partial charge in [-0.25, -0.2) is 12.8 Å². The first-order valence-corrected chi connectivity index (χ1v) is 10.0. The molecular formula is C19H21FN2O3S. The largest absolute Gasteiger partial charge is 0.355 e. The molecule has 26 heavy (non-hydrogen) atoms. The topological polar surface area (TPSA) is 75.3 Å². The van der Waals surface area contributed by atoms with Crippen LogP contribution in [0.3, 0.4) is 0 Å². The normalized spacial score (nSPS) is 15.3. The number of sulfonamides is 1. The van der Waals surface area contributed by atoms with Gasteiger partial charge >= 0.3 is 0 Å². The Balaban J connectivity index is 1.76. The number of anilines is 1. The van der Waals surface area contributed by atoms with Crippen LogP contribution in [0.25, 0.3) is 0 Å². The third-order valence-electron chi connectivity index (χ3n) is 4.54. The maximum Gasteiger partial charge on any atom is 0.264 e. The Hall–Kier alpha value is -2.41. The molecule has 1 aliphatic carbocycles. The number of benzene rings is 2. The van der Waals surface area contributed by atoms with Crippen molar-refractivity contribution >= 4 is 21.6 Å². The molecule has 0 aliphatic heterocycles. The van der Waals surface area contributed by atoms with Crippen molar-refractivity contribution in [2.75, 3.05) is 11.3 Å². The third kappa shape index (κ3) is 3.58. The van der Waals surface area contributed by atoms with E-state index >= 15 is 0 Å². The molecule has 1 saturated carbocycles. The number of carbonyl (C=O) groups is 1. The second-order valence-corrected chi connectivity index (χ2v) is 8.10. The van der Waals surface area contributed by atoms with E-state index in [0.29, 0.717) is 12.2 Å². The summed E-state index contributed by atoms with van der Waals surface area (Å²) >= 11 is 0. The first kappa shape index (κ1) is 18.4. The van der Waals surface area contributed by atoms with Gasteiger partial charge in [-0.05, 0) is 49.1 Å². The molecule has 3 rings (SSSR count). The van der Waals surface area contributed by atoms with Crippen LogP contribution in [0.15, 0.2) is 53.4 Å². The molecule has 1 aliphatic rings. The first-order chi connectivity index (χ1) is 12.4. The van der Waals surface area contributed by atoms with Gasteiger partial charge in [0.1, 0.15) is 10.7 Å². The van der Waals surface area contributed by atoms with Gasteiger partial charge in [0, 0.05) is 12.2 Å². The molecule has 7 heteroatoms. The average Bonchev–Trinajstić information content (AvgIpc) is 3.42. The molecule has 0 spiro atoms. The smallest absolute Gasteiger partial charge is 0.264 e. The molecule has 2 N–H and O–H groups in total. The van der Waals surface area contributed by atoms with E-state index in [2.05, 4.69) is 10.0 Å². The molecule has 0 unspecified atom stereocenters. The fraction of sp³-hybridized carbons (Fsp3) is 0.316. The number of rotatable bonds is 7. The first-order valence-electron chi connectivity index (χ1n) is 8.55. The van der Waals surface area contributed by atoms with Crippen LogP contribution in [-0.4, -0.2) is 20.9 Å². The Kier molecular flexibility index (Phi) is 5.00. The van der Waals surface area contributed by atoms with Crippen molar-refractivity contribution in [3.8, 4) is 0 Å². The van der Waals surface area contributed by atoms with Crippen molar-refractivity contribution in [2.24, 2.45) is 0 Å². The minimum atomic E-state index is -4.01. The van der Waals surface area contributed by atoms with Gasteiger partial charge in [0.25, 0.3) is 10.0 Å². The molecule has 1 fully saturated rings. The lowest BCUT2D eigenvalue weighted by molar-refractivity contribution is -0.123. The zero-order valence-electron chi connectivity index (χ0n) is 14.5. The number of carbonyl (C=O) groups excluding carboxylic acids is 1. The summed E-state index contributed by atoms with van der Waals surface area (Å²) in [5.41, 5.74) is 0.680. The SMILES string of the molecule is CCCNC(=O)C1(c2ccc(NS(=O)(=O)c3ccccc3F)cc2)CC1. The summed E-state index contributed by atoms with van der Waals surface area (Å²) in [6.45, 7) is 2.64. The van der Waals surface area contributed by atoms with Gasteiger partial charge in [-0.1, -0.05) is 31.2 Å². The van der Waals surface area contributed by atoms with Gasteiger partial charge in [0.2, 0.25) is 5.91 Å². The van der Waals surface area contributed by atoms with E-state index < -0.39 is 26.2 Å². The van der Waals surface area contributed by atoms with E-state index in [-0.39, 0.29) is 5.91 Å². The molecule has 2 aromatic rings. The van der Waals surface area contributed by atoms with E-state index in [1.807, 2.05) is 6.92 Å². The Bertz CT molecular complexity index is 907. The average molecular weight is 376 g/mol. The molecule has 2 aromatic carbocycles. The number of halogens is 1. The molecular weight excluding hydrogens is 355 g/mol. The van der Waals surface area contributed by atoms with E-state index in [9.17, 15) is 17.6 Å². The summed E-state index contributed by atoms with van der Waals surface area (Å²) in [5, 5.41) is 2.92. The van der Waals surface area contributed by atoms with Gasteiger partial charge < -0.3 is 5.32 Å². The molecule has 0 saturated heterocycles. The lowest BCUT2D eigenvalue weighted by atomic mass is 9.95. The fourth-order valence-corrected chi connectivity index (χ4v) is 4.05. The van der Waals surface area contributed by atoms with Gasteiger partial charge in [0.05, 0.1) is 5.41 Å². The van der Waals surface area contributed by atoms with Crippen LogP contribution < -0.4 is 10.0 Å². The maximum atomic E-state index is 13.7. The number of hydrogen-bond donors (Lipinski definition) is 2. The minimum absolute atomic E-state index is 0.0130. The Morgan fingerprint density at radius 1 is 1.12 bits per heavy atom. The maximum absolute atomic E-state index is 13.7. The Morgan fingerprint density at radius 2 is 1.77 bits per heavy atom. The van der Waals surface area contributed by atoms with Crippen molar-refractivity contribution in [2.45, 2.75) is 36.5 Å². The van der Waals surface area contributed by atoms with Gasteiger partial charge in [-0.2, -0.15) is 0 Å². The second kappa shape index (κ2) is 7.07. The van der Waals surface area contributed by atoms with Crippen LogP contribution >= 0.6 is 0 Å². The van der Waals surface area contributed by atoms with Crippen LogP contribution in [0.4, 0.5) is 10.1 Å². The van der Waals surface area contributed by atoms with E-state index in [4.69, 9.17) is 0 Å². The second-order valence-electron chi connectivity index (χ2n) is 6.45. The third-order valence-corrected chi connectivity index (χ3v) is 5.95. The number of nitrogens with one attached hydrogen (secondary N) is 2. The predicted octanol–water partition coefficient (Wildman–Crippen LogP) is 3.18. The highest BCUT2D eigenvalue weighted by Crippen LogP contribution is 2.48. The number of hydrogen-bond acceptors (Lipinski definition) is 3. The highest BCUT2D eigenvalue weighted by Gasteiger charge is 2.50. The van der Waals surface area contributed by atoms with Crippen molar-refractivity contribution in [3.63, 3.8) is 0 Å². The van der Waals surface area contributed by atoms with Gasteiger partial charge in [-0.3, -0.25) is 9.52 Å². The molecule has 0 radical (unpaired) electrons. The lowest BCUT2D eigenvalue weighted by Gasteiger charge is -2.16. The van der Waals surface area contributed by atoms with Crippen molar-refractivity contribution in [3.05, 3.63) is 59.9 Å². The van der Waals surface area contributed by atoms with Crippen molar-refractivity contribution in [1.82, 2.24) is 5.32 Å². The molecule has 0 atom stereocenters.